The van der Waals surface area contributed by atoms with Gasteiger partial charge in [-0.25, -0.2) is 4.79 Å². The summed E-state index contributed by atoms with van der Waals surface area (Å²) >= 11 is 0. The summed E-state index contributed by atoms with van der Waals surface area (Å²) in [7, 11) is 4.37. The van der Waals surface area contributed by atoms with E-state index in [9.17, 15) is 4.79 Å². The highest BCUT2D eigenvalue weighted by Gasteiger charge is 2.17. The van der Waals surface area contributed by atoms with Gasteiger partial charge in [0.25, 0.3) is 0 Å². The smallest absolute Gasteiger partial charge is 0.341 e. The second-order valence-electron chi connectivity index (χ2n) is 5.11. The number of nitrogens with two attached hydrogens (primary N) is 1. The fourth-order valence-electron chi connectivity index (χ4n) is 2.30. The lowest BCUT2D eigenvalue weighted by Gasteiger charge is -2.14. The average Bonchev–Trinajstić information content (AvgIpc) is 2.64. The van der Waals surface area contributed by atoms with Gasteiger partial charge in [0.15, 0.2) is 0 Å². The van der Waals surface area contributed by atoms with E-state index in [4.69, 9.17) is 24.7 Å². The van der Waals surface area contributed by atoms with E-state index in [0.29, 0.717) is 28.3 Å². The van der Waals surface area contributed by atoms with Crippen molar-refractivity contribution in [1.29, 1.82) is 0 Å². The SMILES string of the molecule is CO/C=C(/C(=O)OC)c1ccccc1COc1ccc(OC)cc1N. The van der Waals surface area contributed by atoms with Crippen LogP contribution in [0.5, 0.6) is 11.5 Å². The normalized spacial score (nSPS) is 10.9. The lowest BCUT2D eigenvalue weighted by Crippen LogP contribution is -2.08. The Balaban J connectivity index is 2.26. The molecule has 0 aliphatic carbocycles. The van der Waals surface area contributed by atoms with Crippen molar-refractivity contribution in [3.05, 3.63) is 59.9 Å². The number of hydrogen-bond donors (Lipinski definition) is 1. The van der Waals surface area contributed by atoms with E-state index in [1.165, 1.54) is 20.5 Å². The number of methoxy groups -OCH3 is 3. The fraction of sp³-hybridized carbons (Fsp3) is 0.211. The van der Waals surface area contributed by atoms with Gasteiger partial charge in [-0.05, 0) is 23.3 Å². The summed E-state index contributed by atoms with van der Waals surface area (Å²) in [5.74, 6) is 0.699. The Hall–Kier alpha value is -3.15. The molecule has 2 N–H and O–H groups in total. The third-order valence-electron chi connectivity index (χ3n) is 3.55. The zero-order chi connectivity index (χ0) is 18.2. The molecule has 0 spiro atoms. The van der Waals surface area contributed by atoms with Crippen LogP contribution in [0.25, 0.3) is 5.57 Å². The van der Waals surface area contributed by atoms with Crippen molar-refractivity contribution < 1.29 is 23.7 Å². The first kappa shape index (κ1) is 18.2. The van der Waals surface area contributed by atoms with Crippen molar-refractivity contribution in [1.82, 2.24) is 0 Å². The predicted molar refractivity (Wildman–Crippen MR) is 95.2 cm³/mol. The van der Waals surface area contributed by atoms with Crippen LogP contribution in [-0.2, 0) is 20.9 Å². The van der Waals surface area contributed by atoms with Gasteiger partial charge in [-0.3, -0.25) is 0 Å². The molecular weight excluding hydrogens is 322 g/mol. The van der Waals surface area contributed by atoms with Crippen molar-refractivity contribution in [2.24, 2.45) is 0 Å². The number of benzene rings is 2. The van der Waals surface area contributed by atoms with Gasteiger partial charge < -0.3 is 24.7 Å². The molecule has 0 aliphatic heterocycles. The van der Waals surface area contributed by atoms with E-state index in [1.54, 1.807) is 31.4 Å². The molecule has 0 unspecified atom stereocenters. The minimum absolute atomic E-state index is 0.227. The molecule has 0 atom stereocenters. The van der Waals surface area contributed by atoms with Crippen molar-refractivity contribution in [2.45, 2.75) is 6.61 Å². The van der Waals surface area contributed by atoms with Gasteiger partial charge in [-0.15, -0.1) is 0 Å². The molecule has 0 bridgehead atoms. The van der Waals surface area contributed by atoms with E-state index in [-0.39, 0.29) is 6.61 Å². The molecule has 6 nitrogen and oxygen atoms in total. The Morgan fingerprint density at radius 1 is 1.12 bits per heavy atom. The Kier molecular flexibility index (Phi) is 6.28. The van der Waals surface area contributed by atoms with Crippen LogP contribution < -0.4 is 15.2 Å². The Morgan fingerprint density at radius 3 is 2.52 bits per heavy atom. The topological polar surface area (TPSA) is 80.0 Å². The summed E-state index contributed by atoms with van der Waals surface area (Å²) in [5, 5.41) is 0. The van der Waals surface area contributed by atoms with Crippen LogP contribution in [0.4, 0.5) is 5.69 Å². The van der Waals surface area contributed by atoms with Crippen molar-refractivity contribution in [2.75, 3.05) is 27.1 Å². The van der Waals surface area contributed by atoms with Gasteiger partial charge in [0.05, 0.1) is 33.3 Å². The fourth-order valence-corrected chi connectivity index (χ4v) is 2.30. The Bertz CT molecular complexity index is 770. The Morgan fingerprint density at radius 2 is 1.88 bits per heavy atom. The third-order valence-corrected chi connectivity index (χ3v) is 3.55. The number of nitrogen functional groups attached to an aromatic ring is 1. The maximum Gasteiger partial charge on any atom is 0.341 e. The van der Waals surface area contributed by atoms with Crippen LogP contribution >= 0.6 is 0 Å². The first-order valence-corrected chi connectivity index (χ1v) is 7.56. The van der Waals surface area contributed by atoms with E-state index < -0.39 is 5.97 Å². The maximum atomic E-state index is 12.0. The second kappa shape index (κ2) is 8.63. The van der Waals surface area contributed by atoms with Gasteiger partial charge in [-0.1, -0.05) is 24.3 Å². The number of anilines is 1. The van der Waals surface area contributed by atoms with Gasteiger partial charge in [0.2, 0.25) is 0 Å². The first-order valence-electron chi connectivity index (χ1n) is 7.56. The number of hydrogen-bond acceptors (Lipinski definition) is 6. The monoisotopic (exact) mass is 343 g/mol. The molecule has 0 fully saturated rings. The van der Waals surface area contributed by atoms with Crippen LogP contribution in [-0.4, -0.2) is 27.3 Å². The molecule has 6 heteroatoms. The molecule has 2 aromatic carbocycles. The molecule has 0 heterocycles. The van der Waals surface area contributed by atoms with Crippen molar-refractivity contribution >= 4 is 17.2 Å². The largest absolute Gasteiger partial charge is 0.503 e. The molecule has 25 heavy (non-hydrogen) atoms. The molecule has 2 aromatic rings. The van der Waals surface area contributed by atoms with Gasteiger partial charge in [-0.2, -0.15) is 0 Å². The minimum Gasteiger partial charge on any atom is -0.503 e. The quantitative estimate of drug-likeness (QED) is 0.360. The number of carbonyl (C=O) groups excluding carboxylic acids is 1. The standard InChI is InChI=1S/C19H21NO5/c1-22-12-16(19(21)24-3)15-7-5-4-6-13(15)11-25-18-9-8-14(23-2)10-17(18)20/h4-10,12H,11,20H2,1-3H3/b16-12+. The van der Waals surface area contributed by atoms with E-state index in [2.05, 4.69) is 0 Å². The Labute approximate surface area is 146 Å². The molecule has 0 radical (unpaired) electrons. The maximum absolute atomic E-state index is 12.0. The van der Waals surface area contributed by atoms with Gasteiger partial charge in [0, 0.05) is 6.07 Å². The first-order chi connectivity index (χ1) is 12.1. The summed E-state index contributed by atoms with van der Waals surface area (Å²) in [6.07, 6.45) is 1.35. The minimum atomic E-state index is -0.488. The number of esters is 1. The lowest BCUT2D eigenvalue weighted by molar-refractivity contribution is -0.133. The van der Waals surface area contributed by atoms with Crippen LogP contribution in [0.15, 0.2) is 48.7 Å². The zero-order valence-electron chi connectivity index (χ0n) is 14.4. The molecule has 0 saturated heterocycles. The summed E-state index contributed by atoms with van der Waals surface area (Å²) in [6, 6.07) is 12.5. The highest BCUT2D eigenvalue weighted by atomic mass is 16.5. The van der Waals surface area contributed by atoms with Crippen LogP contribution in [0.3, 0.4) is 0 Å². The molecule has 0 aromatic heterocycles. The highest BCUT2D eigenvalue weighted by molar-refractivity contribution is 6.16. The molecule has 0 aliphatic rings. The lowest BCUT2D eigenvalue weighted by atomic mass is 10.0. The highest BCUT2D eigenvalue weighted by Crippen LogP contribution is 2.28. The van der Waals surface area contributed by atoms with Crippen molar-refractivity contribution in [3.8, 4) is 11.5 Å². The average molecular weight is 343 g/mol. The van der Waals surface area contributed by atoms with Crippen molar-refractivity contribution in [3.63, 3.8) is 0 Å². The molecule has 2 rings (SSSR count). The second-order valence-corrected chi connectivity index (χ2v) is 5.11. The van der Waals surface area contributed by atoms with E-state index in [1.807, 2.05) is 18.2 Å². The molecule has 132 valence electrons. The molecule has 0 saturated carbocycles. The summed E-state index contributed by atoms with van der Waals surface area (Å²) in [4.78, 5) is 12.0. The summed E-state index contributed by atoms with van der Waals surface area (Å²) in [6.45, 7) is 0.227. The number of carbonyl (C=O) groups is 1. The number of ether oxygens (including phenoxy) is 4. The molecule has 0 amide bonds. The summed E-state index contributed by atoms with van der Waals surface area (Å²) < 4.78 is 20.8. The van der Waals surface area contributed by atoms with Gasteiger partial charge >= 0.3 is 5.97 Å². The zero-order valence-corrected chi connectivity index (χ0v) is 14.4. The van der Waals surface area contributed by atoms with E-state index >= 15 is 0 Å². The summed E-state index contributed by atoms with van der Waals surface area (Å²) in [5.41, 5.74) is 8.22. The van der Waals surface area contributed by atoms with Gasteiger partial charge in [0.1, 0.15) is 23.7 Å². The van der Waals surface area contributed by atoms with E-state index in [0.717, 1.165) is 5.56 Å². The number of rotatable bonds is 7. The predicted octanol–water partition coefficient (Wildman–Crippen LogP) is 3.02. The van der Waals surface area contributed by atoms with Crippen LogP contribution in [0.2, 0.25) is 0 Å². The molecular formula is C19H21NO5. The third kappa shape index (κ3) is 4.44. The van der Waals surface area contributed by atoms with Crippen LogP contribution in [0.1, 0.15) is 11.1 Å². The van der Waals surface area contributed by atoms with Crippen LogP contribution in [0, 0.1) is 0 Å².